The molecule has 0 unspecified atom stereocenters. The summed E-state index contributed by atoms with van der Waals surface area (Å²) in [5.41, 5.74) is 0.186. The number of methoxy groups -OCH3 is 1. The number of carbonyl (C=O) groups excluding carboxylic acids is 2. The van der Waals surface area contributed by atoms with Crippen LogP contribution in [0.15, 0.2) is 18.2 Å². The SMILES string of the molecule is COC(=O)c1ccc(NC(=O)N2C[C@@H](C(F)(F)F)[C@H](C(=O)O)C2)cc1Cl. The molecule has 1 aliphatic heterocycles. The van der Waals surface area contributed by atoms with E-state index < -0.39 is 49.1 Å². The van der Waals surface area contributed by atoms with Gasteiger partial charge in [-0.2, -0.15) is 13.2 Å². The van der Waals surface area contributed by atoms with E-state index in [0.29, 0.717) is 0 Å². The lowest BCUT2D eigenvalue weighted by atomic mass is 9.96. The normalized spacial score (nSPS) is 20.0. The van der Waals surface area contributed by atoms with Crippen LogP contribution in [-0.2, 0) is 9.53 Å². The summed E-state index contributed by atoms with van der Waals surface area (Å²) in [4.78, 5) is 35.4. The molecule has 1 heterocycles. The second-order valence-electron chi connectivity index (χ2n) is 5.61. The number of esters is 1. The minimum atomic E-state index is -4.73. The van der Waals surface area contributed by atoms with Crippen LogP contribution in [0.2, 0.25) is 5.02 Å². The second kappa shape index (κ2) is 7.40. The lowest BCUT2D eigenvalue weighted by Crippen LogP contribution is -2.35. The minimum Gasteiger partial charge on any atom is -0.481 e. The van der Waals surface area contributed by atoms with E-state index >= 15 is 0 Å². The van der Waals surface area contributed by atoms with Gasteiger partial charge in [-0.1, -0.05) is 11.6 Å². The van der Waals surface area contributed by atoms with E-state index in [1.165, 1.54) is 18.2 Å². The maximum atomic E-state index is 13.0. The molecule has 2 rings (SSSR count). The summed E-state index contributed by atoms with van der Waals surface area (Å²) < 4.78 is 43.4. The minimum absolute atomic E-state index is 0.0207. The Balaban J connectivity index is 2.12. The molecule has 7 nitrogen and oxygen atoms in total. The molecule has 2 N–H and O–H groups in total. The number of carboxylic acid groups (broad SMARTS) is 1. The van der Waals surface area contributed by atoms with Crippen molar-refractivity contribution in [3.05, 3.63) is 28.8 Å². The fourth-order valence-electron chi connectivity index (χ4n) is 2.62. The van der Waals surface area contributed by atoms with Crippen molar-refractivity contribution in [3.63, 3.8) is 0 Å². The van der Waals surface area contributed by atoms with Gasteiger partial charge in [-0.25, -0.2) is 9.59 Å². The zero-order valence-corrected chi connectivity index (χ0v) is 14.1. The van der Waals surface area contributed by atoms with Crippen LogP contribution in [0.3, 0.4) is 0 Å². The van der Waals surface area contributed by atoms with Gasteiger partial charge in [-0.3, -0.25) is 4.79 Å². The summed E-state index contributed by atoms with van der Waals surface area (Å²) in [6.45, 7) is -1.33. The number of hydrogen-bond acceptors (Lipinski definition) is 4. The van der Waals surface area contributed by atoms with Crippen LogP contribution in [0, 0.1) is 11.8 Å². The van der Waals surface area contributed by atoms with Crippen molar-refractivity contribution in [2.45, 2.75) is 6.18 Å². The Morgan fingerprint density at radius 2 is 1.96 bits per heavy atom. The molecule has 0 bridgehead atoms. The highest BCUT2D eigenvalue weighted by Crippen LogP contribution is 2.38. The zero-order valence-electron chi connectivity index (χ0n) is 13.3. The number of benzene rings is 1. The zero-order chi connectivity index (χ0) is 19.6. The Bertz CT molecular complexity index is 740. The molecule has 1 fully saturated rings. The average Bonchev–Trinajstić information content (AvgIpc) is 3.00. The van der Waals surface area contributed by atoms with Gasteiger partial charge in [0.25, 0.3) is 0 Å². The second-order valence-corrected chi connectivity index (χ2v) is 6.02. The number of ether oxygens (including phenoxy) is 1. The molecule has 1 aliphatic rings. The monoisotopic (exact) mass is 394 g/mol. The van der Waals surface area contributed by atoms with Crippen molar-refractivity contribution in [1.29, 1.82) is 0 Å². The number of amides is 2. The number of aliphatic carboxylic acids is 1. The number of alkyl halides is 3. The van der Waals surface area contributed by atoms with Gasteiger partial charge in [0.05, 0.1) is 29.5 Å². The average molecular weight is 395 g/mol. The first kappa shape index (κ1) is 19.8. The van der Waals surface area contributed by atoms with Crippen LogP contribution in [0.25, 0.3) is 0 Å². The van der Waals surface area contributed by atoms with Gasteiger partial charge in [-0.05, 0) is 18.2 Å². The maximum Gasteiger partial charge on any atom is 0.394 e. The van der Waals surface area contributed by atoms with Crippen molar-refractivity contribution in [2.24, 2.45) is 11.8 Å². The summed E-state index contributed by atoms with van der Waals surface area (Å²) in [5, 5.41) is 11.3. The third kappa shape index (κ3) is 4.18. The molecule has 142 valence electrons. The largest absolute Gasteiger partial charge is 0.481 e. The van der Waals surface area contributed by atoms with Crippen molar-refractivity contribution in [2.75, 3.05) is 25.5 Å². The van der Waals surface area contributed by atoms with Gasteiger partial charge in [0.15, 0.2) is 0 Å². The molecule has 0 aliphatic carbocycles. The van der Waals surface area contributed by atoms with E-state index in [1.54, 1.807) is 0 Å². The molecule has 0 aromatic heterocycles. The Kier molecular flexibility index (Phi) is 5.65. The lowest BCUT2D eigenvalue weighted by Gasteiger charge is -2.19. The first-order chi connectivity index (χ1) is 12.0. The van der Waals surface area contributed by atoms with Crippen molar-refractivity contribution >= 4 is 35.3 Å². The van der Waals surface area contributed by atoms with E-state index in [1.807, 2.05) is 0 Å². The smallest absolute Gasteiger partial charge is 0.394 e. The van der Waals surface area contributed by atoms with Gasteiger partial charge in [0.2, 0.25) is 0 Å². The van der Waals surface area contributed by atoms with Crippen LogP contribution >= 0.6 is 11.6 Å². The molecule has 2 atom stereocenters. The molecule has 0 radical (unpaired) electrons. The van der Waals surface area contributed by atoms with Crippen LogP contribution in [-0.4, -0.2) is 54.4 Å². The molecular formula is C15H14ClF3N2O5. The number of likely N-dealkylation sites (tertiary alicyclic amines) is 1. The summed E-state index contributed by atoms with van der Waals surface area (Å²) in [6.07, 6.45) is -4.73. The highest BCUT2D eigenvalue weighted by Gasteiger charge is 2.53. The third-order valence-electron chi connectivity index (χ3n) is 3.97. The van der Waals surface area contributed by atoms with Gasteiger partial charge >= 0.3 is 24.1 Å². The molecule has 26 heavy (non-hydrogen) atoms. The van der Waals surface area contributed by atoms with Crippen LogP contribution in [0.5, 0.6) is 0 Å². The lowest BCUT2D eigenvalue weighted by molar-refractivity contribution is -0.187. The Morgan fingerprint density at radius 3 is 2.42 bits per heavy atom. The molecule has 1 aromatic rings. The van der Waals surface area contributed by atoms with Crippen molar-refractivity contribution in [3.8, 4) is 0 Å². The summed E-state index contributed by atoms with van der Waals surface area (Å²) in [6, 6.07) is 2.94. The number of halogens is 4. The van der Waals surface area contributed by atoms with E-state index in [2.05, 4.69) is 10.1 Å². The summed E-state index contributed by atoms with van der Waals surface area (Å²) >= 11 is 5.90. The molecule has 2 amide bonds. The highest BCUT2D eigenvalue weighted by atomic mass is 35.5. The highest BCUT2D eigenvalue weighted by molar-refractivity contribution is 6.34. The Labute approximate surface area is 150 Å². The number of hydrogen-bond donors (Lipinski definition) is 2. The first-order valence-corrected chi connectivity index (χ1v) is 7.65. The van der Waals surface area contributed by atoms with E-state index in [-0.39, 0.29) is 16.3 Å². The van der Waals surface area contributed by atoms with E-state index in [4.69, 9.17) is 16.7 Å². The predicted octanol–water partition coefficient (Wildman–Crippen LogP) is 2.85. The molecule has 11 heteroatoms. The standard InChI is InChI=1S/C15H14ClF3N2O5/c1-26-13(24)8-3-2-7(4-11(8)16)20-14(25)21-5-9(12(22)23)10(6-21)15(17,18)19/h2-4,9-10H,5-6H2,1H3,(H,20,25)(H,22,23)/t9-,10-/m1/s1. The Hall–Kier alpha value is -2.49. The van der Waals surface area contributed by atoms with Gasteiger partial charge < -0.3 is 20.1 Å². The fourth-order valence-corrected chi connectivity index (χ4v) is 2.88. The molecule has 0 spiro atoms. The van der Waals surface area contributed by atoms with Gasteiger partial charge in [0, 0.05) is 18.8 Å². The number of urea groups is 1. The van der Waals surface area contributed by atoms with Gasteiger partial charge in [0.1, 0.15) is 0 Å². The summed E-state index contributed by atoms with van der Waals surface area (Å²) in [5.74, 6) is -6.18. The number of nitrogens with zero attached hydrogens (tertiary/aromatic N) is 1. The van der Waals surface area contributed by atoms with Crippen molar-refractivity contribution < 1.29 is 37.4 Å². The quantitative estimate of drug-likeness (QED) is 0.768. The van der Waals surface area contributed by atoms with Crippen LogP contribution in [0.4, 0.5) is 23.7 Å². The number of carboxylic acids is 1. The molecular weight excluding hydrogens is 381 g/mol. The molecule has 1 saturated heterocycles. The van der Waals surface area contributed by atoms with Crippen LogP contribution < -0.4 is 5.32 Å². The maximum absolute atomic E-state index is 13.0. The van der Waals surface area contributed by atoms with E-state index in [0.717, 1.165) is 12.0 Å². The van der Waals surface area contributed by atoms with E-state index in [9.17, 15) is 27.6 Å². The number of nitrogens with one attached hydrogen (secondary N) is 1. The summed E-state index contributed by atoms with van der Waals surface area (Å²) in [7, 11) is 1.16. The van der Waals surface area contributed by atoms with Gasteiger partial charge in [-0.15, -0.1) is 0 Å². The number of anilines is 1. The predicted molar refractivity (Wildman–Crippen MR) is 84.1 cm³/mol. The van der Waals surface area contributed by atoms with Crippen molar-refractivity contribution in [1.82, 2.24) is 4.90 Å². The number of rotatable bonds is 3. The third-order valence-corrected chi connectivity index (χ3v) is 4.28. The Morgan fingerprint density at radius 1 is 1.31 bits per heavy atom. The molecule has 0 saturated carbocycles. The molecule has 1 aromatic carbocycles. The fraction of sp³-hybridized carbons (Fsp3) is 0.400. The first-order valence-electron chi connectivity index (χ1n) is 7.28. The topological polar surface area (TPSA) is 95.9 Å². The number of carbonyl (C=O) groups is 3. The van der Waals surface area contributed by atoms with Crippen LogP contribution in [0.1, 0.15) is 10.4 Å².